The second-order valence-electron chi connectivity index (χ2n) is 4.87. The number of benzene rings is 1. The maximum absolute atomic E-state index is 5.31. The molecule has 0 aliphatic carbocycles. The van der Waals surface area contributed by atoms with E-state index in [-0.39, 0.29) is 0 Å². The molecule has 0 fully saturated rings. The zero-order valence-corrected chi connectivity index (χ0v) is 13.3. The predicted octanol–water partition coefficient (Wildman–Crippen LogP) is 3.63. The molecule has 1 atom stereocenters. The Labute approximate surface area is 122 Å². The first kappa shape index (κ1) is 16.5. The number of rotatable bonds is 10. The Kier molecular flexibility index (Phi) is 8.97. The van der Waals surface area contributed by atoms with Gasteiger partial charge in [-0.05, 0) is 32.4 Å². The van der Waals surface area contributed by atoms with Crippen molar-refractivity contribution in [1.82, 2.24) is 5.32 Å². The third-order valence-corrected chi connectivity index (χ3v) is 4.13. The summed E-state index contributed by atoms with van der Waals surface area (Å²) in [5.74, 6) is 1.10. The molecule has 1 unspecified atom stereocenters. The van der Waals surface area contributed by atoms with Crippen molar-refractivity contribution in [2.24, 2.45) is 0 Å². The third kappa shape index (κ3) is 8.30. The second kappa shape index (κ2) is 10.3. The Hall–Kier alpha value is -0.510. The van der Waals surface area contributed by atoms with Gasteiger partial charge < -0.3 is 10.1 Å². The minimum atomic E-state index is 0.646. The predicted molar refractivity (Wildman–Crippen MR) is 85.9 cm³/mol. The van der Waals surface area contributed by atoms with Crippen LogP contribution in [0.25, 0.3) is 0 Å². The molecule has 0 amide bonds. The SMILES string of the molecule is CCOCCCNCC(C)SCc1cccc(C)c1. The van der Waals surface area contributed by atoms with Crippen LogP contribution in [0.3, 0.4) is 0 Å². The first-order chi connectivity index (χ1) is 9.22. The maximum atomic E-state index is 5.31. The van der Waals surface area contributed by atoms with Gasteiger partial charge in [-0.15, -0.1) is 0 Å². The van der Waals surface area contributed by atoms with Crippen LogP contribution in [0.5, 0.6) is 0 Å². The van der Waals surface area contributed by atoms with Crippen LogP contribution in [0, 0.1) is 6.92 Å². The fourth-order valence-corrected chi connectivity index (χ4v) is 2.74. The van der Waals surface area contributed by atoms with E-state index in [0.29, 0.717) is 5.25 Å². The van der Waals surface area contributed by atoms with Crippen molar-refractivity contribution in [2.75, 3.05) is 26.3 Å². The summed E-state index contributed by atoms with van der Waals surface area (Å²) in [6.07, 6.45) is 1.10. The molecule has 108 valence electrons. The van der Waals surface area contributed by atoms with Crippen molar-refractivity contribution >= 4 is 11.8 Å². The zero-order valence-electron chi connectivity index (χ0n) is 12.4. The second-order valence-corrected chi connectivity index (χ2v) is 6.29. The summed E-state index contributed by atoms with van der Waals surface area (Å²) in [5.41, 5.74) is 2.77. The molecule has 0 aromatic heterocycles. The van der Waals surface area contributed by atoms with E-state index in [1.54, 1.807) is 0 Å². The van der Waals surface area contributed by atoms with Gasteiger partial charge in [0.2, 0.25) is 0 Å². The molecular formula is C16H27NOS. The molecule has 0 heterocycles. The van der Waals surface area contributed by atoms with E-state index in [0.717, 1.165) is 38.5 Å². The smallest absolute Gasteiger partial charge is 0.0477 e. The van der Waals surface area contributed by atoms with E-state index in [4.69, 9.17) is 4.74 Å². The molecule has 3 heteroatoms. The quantitative estimate of drug-likeness (QED) is 0.662. The number of aryl methyl sites for hydroxylation is 1. The van der Waals surface area contributed by atoms with Crippen LogP contribution >= 0.6 is 11.8 Å². The van der Waals surface area contributed by atoms with Gasteiger partial charge in [0.1, 0.15) is 0 Å². The van der Waals surface area contributed by atoms with E-state index in [2.05, 4.69) is 43.4 Å². The summed E-state index contributed by atoms with van der Waals surface area (Å²) in [6, 6.07) is 8.77. The molecule has 1 N–H and O–H groups in total. The van der Waals surface area contributed by atoms with E-state index < -0.39 is 0 Å². The van der Waals surface area contributed by atoms with Gasteiger partial charge in [0.25, 0.3) is 0 Å². The standard InChI is InChI=1S/C16H27NOS/c1-4-18-10-6-9-17-12-15(3)19-13-16-8-5-7-14(2)11-16/h5,7-8,11,15,17H,4,6,9-10,12-13H2,1-3H3. The highest BCUT2D eigenvalue weighted by molar-refractivity contribution is 7.99. The molecule has 0 radical (unpaired) electrons. The number of ether oxygens (including phenoxy) is 1. The molecule has 0 saturated carbocycles. The number of nitrogens with one attached hydrogen (secondary N) is 1. The van der Waals surface area contributed by atoms with Crippen molar-refractivity contribution < 1.29 is 4.74 Å². The lowest BCUT2D eigenvalue weighted by Gasteiger charge is -2.12. The highest BCUT2D eigenvalue weighted by Crippen LogP contribution is 2.17. The Morgan fingerprint density at radius 2 is 2.21 bits per heavy atom. The average Bonchev–Trinajstić information content (AvgIpc) is 2.40. The first-order valence-corrected chi connectivity index (χ1v) is 8.23. The van der Waals surface area contributed by atoms with Crippen LogP contribution < -0.4 is 5.32 Å². The number of hydrogen-bond acceptors (Lipinski definition) is 3. The summed E-state index contributed by atoms with van der Waals surface area (Å²) in [4.78, 5) is 0. The van der Waals surface area contributed by atoms with Crippen molar-refractivity contribution in [3.63, 3.8) is 0 Å². The molecule has 0 saturated heterocycles. The summed E-state index contributed by atoms with van der Waals surface area (Å²) < 4.78 is 5.31. The summed E-state index contributed by atoms with van der Waals surface area (Å²) >= 11 is 2.01. The van der Waals surface area contributed by atoms with Gasteiger partial charge in [0, 0.05) is 30.8 Å². The average molecular weight is 281 g/mol. The first-order valence-electron chi connectivity index (χ1n) is 7.18. The maximum Gasteiger partial charge on any atom is 0.0477 e. The van der Waals surface area contributed by atoms with Crippen LogP contribution in [0.15, 0.2) is 24.3 Å². The monoisotopic (exact) mass is 281 g/mol. The Morgan fingerprint density at radius 3 is 2.95 bits per heavy atom. The van der Waals surface area contributed by atoms with Crippen molar-refractivity contribution in [3.8, 4) is 0 Å². The lowest BCUT2D eigenvalue weighted by molar-refractivity contribution is 0.145. The molecule has 19 heavy (non-hydrogen) atoms. The Morgan fingerprint density at radius 1 is 1.37 bits per heavy atom. The van der Waals surface area contributed by atoms with E-state index in [1.165, 1.54) is 11.1 Å². The fraction of sp³-hybridized carbons (Fsp3) is 0.625. The molecular weight excluding hydrogens is 254 g/mol. The van der Waals surface area contributed by atoms with Crippen LogP contribution in [0.4, 0.5) is 0 Å². The molecule has 0 aliphatic heterocycles. The lowest BCUT2D eigenvalue weighted by atomic mass is 10.2. The van der Waals surface area contributed by atoms with Crippen molar-refractivity contribution in [1.29, 1.82) is 0 Å². The van der Waals surface area contributed by atoms with Crippen molar-refractivity contribution in [2.45, 2.75) is 38.2 Å². The van der Waals surface area contributed by atoms with E-state index in [1.807, 2.05) is 18.7 Å². The molecule has 0 spiro atoms. The lowest BCUT2D eigenvalue weighted by Crippen LogP contribution is -2.24. The van der Waals surface area contributed by atoms with Gasteiger partial charge in [0.05, 0.1) is 0 Å². The molecule has 1 aromatic rings. The van der Waals surface area contributed by atoms with Crippen LogP contribution in [-0.2, 0) is 10.5 Å². The third-order valence-electron chi connectivity index (χ3n) is 2.90. The van der Waals surface area contributed by atoms with Gasteiger partial charge in [-0.25, -0.2) is 0 Å². The highest BCUT2D eigenvalue weighted by Gasteiger charge is 2.02. The molecule has 1 rings (SSSR count). The number of hydrogen-bond donors (Lipinski definition) is 1. The Balaban J connectivity index is 2.06. The van der Waals surface area contributed by atoms with E-state index >= 15 is 0 Å². The van der Waals surface area contributed by atoms with Gasteiger partial charge in [-0.1, -0.05) is 36.8 Å². The summed E-state index contributed by atoms with van der Waals surface area (Å²) in [6.45, 7) is 10.3. The molecule has 2 nitrogen and oxygen atoms in total. The highest BCUT2D eigenvalue weighted by atomic mass is 32.2. The minimum absolute atomic E-state index is 0.646. The molecule has 0 bridgehead atoms. The normalized spacial score (nSPS) is 12.6. The Bertz CT molecular complexity index is 343. The fourth-order valence-electron chi connectivity index (χ4n) is 1.85. The topological polar surface area (TPSA) is 21.3 Å². The number of thioether (sulfide) groups is 1. The van der Waals surface area contributed by atoms with Gasteiger partial charge in [0.15, 0.2) is 0 Å². The van der Waals surface area contributed by atoms with Crippen LogP contribution in [0.2, 0.25) is 0 Å². The van der Waals surface area contributed by atoms with Gasteiger partial charge in [-0.3, -0.25) is 0 Å². The summed E-state index contributed by atoms with van der Waals surface area (Å²) in [5, 5.41) is 4.14. The minimum Gasteiger partial charge on any atom is -0.382 e. The van der Waals surface area contributed by atoms with Crippen LogP contribution in [-0.4, -0.2) is 31.6 Å². The van der Waals surface area contributed by atoms with Gasteiger partial charge in [-0.2, -0.15) is 11.8 Å². The largest absolute Gasteiger partial charge is 0.382 e. The van der Waals surface area contributed by atoms with Crippen LogP contribution in [0.1, 0.15) is 31.4 Å². The van der Waals surface area contributed by atoms with Crippen molar-refractivity contribution in [3.05, 3.63) is 35.4 Å². The molecule has 0 aliphatic rings. The zero-order chi connectivity index (χ0) is 13.9. The molecule has 1 aromatic carbocycles. The van der Waals surface area contributed by atoms with E-state index in [9.17, 15) is 0 Å². The van der Waals surface area contributed by atoms with Gasteiger partial charge >= 0.3 is 0 Å². The summed E-state index contributed by atoms with van der Waals surface area (Å²) in [7, 11) is 0.